The van der Waals surface area contributed by atoms with Gasteiger partial charge in [0.05, 0.1) is 6.61 Å². The topological polar surface area (TPSA) is 63.6 Å². The van der Waals surface area contributed by atoms with Crippen LogP contribution in [0, 0.1) is 11.8 Å². The highest BCUT2D eigenvalue weighted by atomic mass is 16.5. The van der Waals surface area contributed by atoms with Crippen LogP contribution in [0.2, 0.25) is 0 Å². The first-order valence-electron chi connectivity index (χ1n) is 9.05. The maximum atomic E-state index is 10.9. The molecule has 0 saturated carbocycles. The highest BCUT2D eigenvalue weighted by molar-refractivity contribution is 5.85. The maximum Gasteiger partial charge on any atom is 0.330 e. The van der Waals surface area contributed by atoms with E-state index in [1.54, 1.807) is 19.9 Å². The van der Waals surface area contributed by atoms with Gasteiger partial charge in [0.2, 0.25) is 0 Å². The van der Waals surface area contributed by atoms with Crippen molar-refractivity contribution in [1.82, 2.24) is 0 Å². The molecule has 140 valence electrons. The molecule has 0 unspecified atom stereocenters. The number of carboxylic acids is 1. The van der Waals surface area contributed by atoms with Crippen LogP contribution in [0.25, 0.3) is 0 Å². The summed E-state index contributed by atoms with van der Waals surface area (Å²) in [4.78, 5) is 21.3. The Labute approximate surface area is 148 Å². The van der Waals surface area contributed by atoms with Crippen LogP contribution >= 0.6 is 0 Å². The van der Waals surface area contributed by atoms with Crippen LogP contribution < -0.4 is 0 Å². The molecule has 24 heavy (non-hydrogen) atoms. The molecular formula is C20H36O4. The fourth-order valence-corrected chi connectivity index (χ4v) is 1.96. The summed E-state index contributed by atoms with van der Waals surface area (Å²) < 4.78 is 5.00. The summed E-state index contributed by atoms with van der Waals surface area (Å²) in [6, 6.07) is 0. The Bertz CT molecular complexity index is 388. The first kappa shape index (κ1) is 24.7. The minimum atomic E-state index is -0.805. The fraction of sp³-hybridized carbons (Fsp3) is 0.700. The highest BCUT2D eigenvalue weighted by Crippen LogP contribution is 2.14. The van der Waals surface area contributed by atoms with Gasteiger partial charge in [-0.2, -0.15) is 0 Å². The SMILES string of the molecule is CC=CC(=O)OCC(CC)CC.CCC(CC)CC=C(C)C(=O)O. The van der Waals surface area contributed by atoms with E-state index < -0.39 is 5.97 Å². The lowest BCUT2D eigenvalue weighted by molar-refractivity contribution is -0.139. The summed E-state index contributed by atoms with van der Waals surface area (Å²) in [6.07, 6.45) is 10.2. The molecule has 0 saturated heterocycles. The molecule has 0 aromatic carbocycles. The van der Waals surface area contributed by atoms with E-state index in [0.717, 1.165) is 32.1 Å². The lowest BCUT2D eigenvalue weighted by atomic mass is 9.98. The predicted octanol–water partition coefficient (Wildman–Crippen LogP) is 5.39. The number of aliphatic carboxylic acids is 1. The van der Waals surface area contributed by atoms with Gasteiger partial charge in [0.1, 0.15) is 0 Å². The second-order valence-electron chi connectivity index (χ2n) is 5.92. The van der Waals surface area contributed by atoms with Gasteiger partial charge >= 0.3 is 11.9 Å². The summed E-state index contributed by atoms with van der Waals surface area (Å²) in [6.45, 7) is 12.5. The van der Waals surface area contributed by atoms with E-state index in [0.29, 0.717) is 24.0 Å². The Hall–Kier alpha value is -1.58. The quantitative estimate of drug-likeness (QED) is 0.428. The van der Waals surface area contributed by atoms with Crippen LogP contribution in [-0.4, -0.2) is 23.7 Å². The zero-order valence-electron chi connectivity index (χ0n) is 16.3. The highest BCUT2D eigenvalue weighted by Gasteiger charge is 2.05. The molecule has 1 N–H and O–H groups in total. The average molecular weight is 341 g/mol. The second kappa shape index (κ2) is 16.3. The molecule has 0 aliphatic carbocycles. The summed E-state index contributed by atoms with van der Waals surface area (Å²) >= 11 is 0. The van der Waals surface area contributed by atoms with Gasteiger partial charge < -0.3 is 9.84 Å². The summed E-state index contributed by atoms with van der Waals surface area (Å²) in [5.41, 5.74) is 0.460. The van der Waals surface area contributed by atoms with E-state index in [1.165, 1.54) is 6.08 Å². The molecule has 4 nitrogen and oxygen atoms in total. The number of carbonyl (C=O) groups is 2. The van der Waals surface area contributed by atoms with Gasteiger partial charge in [-0.3, -0.25) is 0 Å². The van der Waals surface area contributed by atoms with Gasteiger partial charge in [0, 0.05) is 11.6 Å². The molecule has 0 aromatic heterocycles. The third kappa shape index (κ3) is 14.0. The lowest BCUT2D eigenvalue weighted by Crippen LogP contribution is -2.11. The summed E-state index contributed by atoms with van der Waals surface area (Å²) in [7, 11) is 0. The van der Waals surface area contributed by atoms with Gasteiger partial charge in [-0.15, -0.1) is 0 Å². The van der Waals surface area contributed by atoms with Crippen LogP contribution in [0.4, 0.5) is 0 Å². The normalized spacial score (nSPS) is 11.6. The van der Waals surface area contributed by atoms with Crippen LogP contribution in [0.5, 0.6) is 0 Å². The number of hydrogen-bond acceptors (Lipinski definition) is 3. The van der Waals surface area contributed by atoms with Crippen molar-refractivity contribution in [3.63, 3.8) is 0 Å². The number of allylic oxidation sites excluding steroid dienone is 2. The minimum Gasteiger partial charge on any atom is -0.478 e. The molecule has 0 aliphatic heterocycles. The first-order valence-corrected chi connectivity index (χ1v) is 9.05. The predicted molar refractivity (Wildman–Crippen MR) is 99.9 cm³/mol. The Morgan fingerprint density at radius 3 is 1.88 bits per heavy atom. The van der Waals surface area contributed by atoms with Crippen LogP contribution in [-0.2, 0) is 14.3 Å². The Morgan fingerprint density at radius 2 is 1.50 bits per heavy atom. The molecule has 0 atom stereocenters. The van der Waals surface area contributed by atoms with E-state index >= 15 is 0 Å². The first-order chi connectivity index (χ1) is 11.4. The molecule has 0 amide bonds. The van der Waals surface area contributed by atoms with Crippen LogP contribution in [0.1, 0.15) is 73.6 Å². The molecule has 0 heterocycles. The number of carboxylic acid groups (broad SMARTS) is 1. The number of hydrogen-bond donors (Lipinski definition) is 1. The molecule has 0 spiro atoms. The number of ether oxygens (including phenoxy) is 1. The van der Waals surface area contributed by atoms with E-state index in [-0.39, 0.29) is 5.97 Å². The number of esters is 1. The van der Waals surface area contributed by atoms with Crippen molar-refractivity contribution in [2.75, 3.05) is 6.61 Å². The number of rotatable bonds is 10. The Balaban J connectivity index is 0. The zero-order chi connectivity index (χ0) is 19.0. The zero-order valence-corrected chi connectivity index (χ0v) is 16.3. The molecular weight excluding hydrogens is 304 g/mol. The third-order valence-electron chi connectivity index (χ3n) is 4.17. The van der Waals surface area contributed by atoms with Crippen LogP contribution in [0.15, 0.2) is 23.8 Å². The monoisotopic (exact) mass is 340 g/mol. The van der Waals surface area contributed by atoms with E-state index in [2.05, 4.69) is 27.7 Å². The second-order valence-corrected chi connectivity index (χ2v) is 5.92. The van der Waals surface area contributed by atoms with Crippen molar-refractivity contribution in [3.8, 4) is 0 Å². The van der Waals surface area contributed by atoms with Crippen molar-refractivity contribution in [2.45, 2.75) is 73.6 Å². The van der Waals surface area contributed by atoms with Gasteiger partial charge in [-0.05, 0) is 32.1 Å². The summed E-state index contributed by atoms with van der Waals surface area (Å²) in [5, 5.41) is 8.57. The van der Waals surface area contributed by atoms with E-state index in [9.17, 15) is 9.59 Å². The van der Waals surface area contributed by atoms with Crippen molar-refractivity contribution in [3.05, 3.63) is 23.8 Å². The molecule has 4 heteroatoms. The average Bonchev–Trinajstić information content (AvgIpc) is 2.57. The third-order valence-corrected chi connectivity index (χ3v) is 4.17. The standard InChI is InChI=1S/2C10H18O2/c1-4-9(5-2)7-6-8(3)10(11)12;1-4-7-10(11)12-8-9(5-2)6-3/h6,9H,4-5,7H2,1-3H3,(H,11,12);4,7,9H,5-6,8H2,1-3H3. The van der Waals surface area contributed by atoms with Crippen molar-refractivity contribution >= 4 is 11.9 Å². The van der Waals surface area contributed by atoms with Crippen LogP contribution in [0.3, 0.4) is 0 Å². The van der Waals surface area contributed by atoms with Crippen molar-refractivity contribution in [1.29, 1.82) is 0 Å². The molecule has 0 aromatic rings. The Kier molecular flexibility index (Phi) is 16.7. The molecule has 0 bridgehead atoms. The molecule has 0 aliphatic rings. The van der Waals surface area contributed by atoms with E-state index in [1.807, 2.05) is 6.08 Å². The van der Waals surface area contributed by atoms with Gasteiger partial charge in [0.15, 0.2) is 0 Å². The smallest absolute Gasteiger partial charge is 0.330 e. The van der Waals surface area contributed by atoms with Crippen molar-refractivity contribution < 1.29 is 19.4 Å². The lowest BCUT2D eigenvalue weighted by Gasteiger charge is -2.10. The molecule has 0 radical (unpaired) electrons. The Morgan fingerprint density at radius 1 is 1.00 bits per heavy atom. The fourth-order valence-electron chi connectivity index (χ4n) is 1.96. The van der Waals surface area contributed by atoms with Crippen molar-refractivity contribution in [2.24, 2.45) is 11.8 Å². The van der Waals surface area contributed by atoms with E-state index in [4.69, 9.17) is 9.84 Å². The summed E-state index contributed by atoms with van der Waals surface area (Å²) in [5.74, 6) is 0.115. The number of carbonyl (C=O) groups excluding carboxylic acids is 1. The largest absolute Gasteiger partial charge is 0.478 e. The molecule has 0 rings (SSSR count). The maximum absolute atomic E-state index is 10.9. The minimum absolute atomic E-state index is 0.232. The molecule has 0 fully saturated rings. The van der Waals surface area contributed by atoms with Gasteiger partial charge in [-0.25, -0.2) is 9.59 Å². The van der Waals surface area contributed by atoms with Gasteiger partial charge in [-0.1, -0.05) is 65.5 Å². The van der Waals surface area contributed by atoms with Gasteiger partial charge in [0.25, 0.3) is 0 Å².